The average Bonchev–Trinajstić information content (AvgIpc) is 2.54. The largest absolute Gasteiger partial charge is 0.496 e. The lowest BCUT2D eigenvalue weighted by atomic mass is 9.95. The third-order valence-corrected chi connectivity index (χ3v) is 3.46. The first kappa shape index (κ1) is 16.8. The minimum Gasteiger partial charge on any atom is -0.496 e. The van der Waals surface area contributed by atoms with Crippen LogP contribution in [0.3, 0.4) is 0 Å². The summed E-state index contributed by atoms with van der Waals surface area (Å²) in [4.78, 5) is 24.2. The van der Waals surface area contributed by atoms with Crippen molar-refractivity contribution in [3.63, 3.8) is 0 Å². The van der Waals surface area contributed by atoms with Crippen molar-refractivity contribution in [2.75, 3.05) is 27.4 Å². The molecule has 7 heteroatoms. The van der Waals surface area contributed by atoms with E-state index < -0.39 is 12.0 Å². The molecular weight excluding hydrogens is 300 g/mol. The zero-order valence-corrected chi connectivity index (χ0v) is 13.3. The van der Waals surface area contributed by atoms with Crippen molar-refractivity contribution in [2.45, 2.75) is 13.0 Å². The third-order valence-electron chi connectivity index (χ3n) is 3.46. The van der Waals surface area contributed by atoms with E-state index in [9.17, 15) is 9.59 Å². The number of ether oxygens (including phenoxy) is 3. The molecule has 1 atom stereocenters. The molecule has 0 unspecified atom stereocenters. The molecule has 2 amide bonds. The van der Waals surface area contributed by atoms with Gasteiger partial charge in [-0.05, 0) is 13.0 Å². The molecular formula is C16H20N2O5. The highest BCUT2D eigenvalue weighted by molar-refractivity contribution is 5.95. The van der Waals surface area contributed by atoms with Crippen molar-refractivity contribution < 1.29 is 23.8 Å². The molecule has 1 heterocycles. The summed E-state index contributed by atoms with van der Waals surface area (Å²) >= 11 is 0. The van der Waals surface area contributed by atoms with Crippen molar-refractivity contribution >= 4 is 12.0 Å². The van der Waals surface area contributed by atoms with E-state index in [1.807, 2.05) is 12.1 Å². The molecule has 0 aliphatic carbocycles. The Labute approximate surface area is 134 Å². The smallest absolute Gasteiger partial charge is 0.338 e. The van der Waals surface area contributed by atoms with E-state index in [4.69, 9.17) is 14.2 Å². The lowest BCUT2D eigenvalue weighted by Gasteiger charge is -2.29. The van der Waals surface area contributed by atoms with Crippen LogP contribution in [0.5, 0.6) is 5.75 Å². The van der Waals surface area contributed by atoms with Gasteiger partial charge in [-0.25, -0.2) is 9.59 Å². The Morgan fingerprint density at radius 3 is 2.65 bits per heavy atom. The van der Waals surface area contributed by atoms with E-state index in [0.717, 1.165) is 0 Å². The Balaban J connectivity index is 2.36. The van der Waals surface area contributed by atoms with Crippen LogP contribution >= 0.6 is 0 Å². The maximum absolute atomic E-state index is 12.4. The molecule has 2 rings (SSSR count). The highest BCUT2D eigenvalue weighted by atomic mass is 16.6. The minimum atomic E-state index is -0.644. The molecule has 124 valence electrons. The SMILES string of the molecule is COCCOC(=O)C1=C(C)NC(=O)N[C@@H]1c1ccccc1OC. The van der Waals surface area contributed by atoms with Gasteiger partial charge in [-0.1, -0.05) is 18.2 Å². The maximum atomic E-state index is 12.4. The molecule has 23 heavy (non-hydrogen) atoms. The molecule has 2 N–H and O–H groups in total. The summed E-state index contributed by atoms with van der Waals surface area (Å²) in [6, 6.07) is 6.17. The second-order valence-electron chi connectivity index (χ2n) is 4.94. The fourth-order valence-corrected chi connectivity index (χ4v) is 2.40. The molecule has 0 saturated carbocycles. The second kappa shape index (κ2) is 7.64. The summed E-state index contributed by atoms with van der Waals surface area (Å²) in [7, 11) is 3.06. The van der Waals surface area contributed by atoms with E-state index in [1.54, 1.807) is 19.1 Å². The van der Waals surface area contributed by atoms with Gasteiger partial charge in [0.15, 0.2) is 0 Å². The summed E-state index contributed by atoms with van der Waals surface area (Å²) in [6.45, 7) is 2.10. The maximum Gasteiger partial charge on any atom is 0.338 e. The highest BCUT2D eigenvalue weighted by Gasteiger charge is 2.33. The number of para-hydroxylation sites is 1. The summed E-state index contributed by atoms with van der Waals surface area (Å²) < 4.78 is 15.4. The number of rotatable bonds is 6. The van der Waals surface area contributed by atoms with Crippen LogP contribution in [0.1, 0.15) is 18.5 Å². The number of urea groups is 1. The van der Waals surface area contributed by atoms with Crippen molar-refractivity contribution in [1.82, 2.24) is 10.6 Å². The zero-order valence-electron chi connectivity index (χ0n) is 13.3. The van der Waals surface area contributed by atoms with Gasteiger partial charge in [0.25, 0.3) is 0 Å². The minimum absolute atomic E-state index is 0.138. The van der Waals surface area contributed by atoms with Gasteiger partial charge in [0.1, 0.15) is 12.4 Å². The fraction of sp³-hybridized carbons (Fsp3) is 0.375. The van der Waals surface area contributed by atoms with Crippen molar-refractivity contribution in [3.05, 3.63) is 41.1 Å². The number of hydrogen-bond acceptors (Lipinski definition) is 5. The molecule has 0 spiro atoms. The number of benzene rings is 1. The van der Waals surface area contributed by atoms with Gasteiger partial charge in [-0.2, -0.15) is 0 Å². The first-order valence-corrected chi connectivity index (χ1v) is 7.15. The number of amides is 2. The first-order valence-electron chi connectivity index (χ1n) is 7.15. The molecule has 0 fully saturated rings. The van der Waals surface area contributed by atoms with Gasteiger partial charge in [0.2, 0.25) is 0 Å². The Morgan fingerprint density at radius 2 is 1.96 bits per heavy atom. The molecule has 1 aromatic carbocycles. The van der Waals surface area contributed by atoms with Crippen LogP contribution < -0.4 is 15.4 Å². The third kappa shape index (κ3) is 3.81. The molecule has 0 saturated heterocycles. The van der Waals surface area contributed by atoms with Gasteiger partial charge in [-0.3, -0.25) is 0 Å². The van der Waals surface area contributed by atoms with Crippen molar-refractivity contribution in [3.8, 4) is 5.75 Å². The number of allylic oxidation sites excluding steroid dienone is 1. The number of carbonyl (C=O) groups is 2. The Morgan fingerprint density at radius 1 is 1.22 bits per heavy atom. The number of hydrogen-bond donors (Lipinski definition) is 2. The predicted molar refractivity (Wildman–Crippen MR) is 82.9 cm³/mol. The normalized spacial score (nSPS) is 17.3. The summed E-state index contributed by atoms with van der Waals surface area (Å²) in [5.74, 6) is 0.0673. The van der Waals surface area contributed by atoms with Crippen LogP contribution in [-0.2, 0) is 14.3 Å². The van der Waals surface area contributed by atoms with Crippen LogP contribution in [0.25, 0.3) is 0 Å². The standard InChI is InChI=1S/C16H20N2O5/c1-10-13(15(19)23-9-8-21-2)14(18-16(20)17-10)11-6-4-5-7-12(11)22-3/h4-7,14H,8-9H2,1-3H3,(H2,17,18,20)/t14-/m1/s1. The van der Waals surface area contributed by atoms with Crippen molar-refractivity contribution in [2.24, 2.45) is 0 Å². The van der Waals surface area contributed by atoms with Gasteiger partial charge in [-0.15, -0.1) is 0 Å². The molecule has 0 radical (unpaired) electrons. The lowest BCUT2D eigenvalue weighted by molar-refractivity contribution is -0.140. The van der Waals surface area contributed by atoms with Crippen molar-refractivity contribution in [1.29, 1.82) is 0 Å². The van der Waals surface area contributed by atoms with Crippen LogP contribution in [0.4, 0.5) is 4.79 Å². The van der Waals surface area contributed by atoms with E-state index in [1.165, 1.54) is 14.2 Å². The highest BCUT2D eigenvalue weighted by Crippen LogP contribution is 2.33. The molecule has 7 nitrogen and oxygen atoms in total. The number of methoxy groups -OCH3 is 2. The van der Waals surface area contributed by atoms with E-state index in [-0.39, 0.29) is 12.6 Å². The Bertz CT molecular complexity index is 627. The first-order chi connectivity index (χ1) is 11.1. The summed E-state index contributed by atoms with van der Waals surface area (Å²) in [6.07, 6.45) is 0. The quantitative estimate of drug-likeness (QED) is 0.613. The molecule has 0 aromatic heterocycles. The van der Waals surface area contributed by atoms with E-state index >= 15 is 0 Å². The average molecular weight is 320 g/mol. The van der Waals surface area contributed by atoms with Crippen LogP contribution in [0.2, 0.25) is 0 Å². The summed E-state index contributed by atoms with van der Waals surface area (Å²) in [5, 5.41) is 5.33. The number of carbonyl (C=O) groups excluding carboxylic acids is 2. The predicted octanol–water partition coefficient (Wildman–Crippen LogP) is 1.51. The van der Waals surface area contributed by atoms with Crippen LogP contribution in [-0.4, -0.2) is 39.4 Å². The lowest BCUT2D eigenvalue weighted by Crippen LogP contribution is -2.45. The number of esters is 1. The van der Waals surface area contributed by atoms with Crippen LogP contribution in [0, 0.1) is 0 Å². The zero-order chi connectivity index (χ0) is 16.8. The van der Waals surface area contributed by atoms with Crippen LogP contribution in [0.15, 0.2) is 35.5 Å². The van der Waals surface area contributed by atoms with Gasteiger partial charge in [0.05, 0.1) is 25.3 Å². The van der Waals surface area contributed by atoms with Gasteiger partial charge in [0, 0.05) is 18.4 Å². The van der Waals surface area contributed by atoms with E-state index in [2.05, 4.69) is 10.6 Å². The second-order valence-corrected chi connectivity index (χ2v) is 4.94. The Kier molecular flexibility index (Phi) is 5.59. The molecule has 1 aromatic rings. The van der Waals surface area contributed by atoms with E-state index in [0.29, 0.717) is 29.2 Å². The molecule has 1 aliphatic heterocycles. The van der Waals surface area contributed by atoms with Gasteiger partial charge < -0.3 is 24.8 Å². The number of nitrogens with one attached hydrogen (secondary N) is 2. The fourth-order valence-electron chi connectivity index (χ4n) is 2.40. The summed E-state index contributed by atoms with van der Waals surface area (Å²) in [5.41, 5.74) is 1.47. The van der Waals surface area contributed by atoms with Gasteiger partial charge >= 0.3 is 12.0 Å². The molecule has 1 aliphatic rings. The Hall–Kier alpha value is -2.54. The topological polar surface area (TPSA) is 85.9 Å². The molecule has 0 bridgehead atoms. The monoisotopic (exact) mass is 320 g/mol.